The zero-order valence-electron chi connectivity index (χ0n) is 14.1. The fourth-order valence-corrected chi connectivity index (χ4v) is 3.38. The van der Waals surface area contributed by atoms with Crippen molar-refractivity contribution in [3.63, 3.8) is 0 Å². The molecule has 0 spiro atoms. The number of carbonyl (C=O) groups excluding carboxylic acids is 1. The van der Waals surface area contributed by atoms with Crippen molar-refractivity contribution in [1.29, 1.82) is 0 Å². The quantitative estimate of drug-likeness (QED) is 0.734. The van der Waals surface area contributed by atoms with Crippen molar-refractivity contribution in [3.05, 3.63) is 60.4 Å². The number of hydrogen-bond acceptors (Lipinski definition) is 4. The lowest BCUT2D eigenvalue weighted by molar-refractivity contribution is 0.0721. The summed E-state index contributed by atoms with van der Waals surface area (Å²) in [6.45, 7) is 3.57. The molecule has 4 rings (SSSR count). The maximum absolute atomic E-state index is 12.9. The molecule has 1 unspecified atom stereocenters. The predicted octanol–water partition coefficient (Wildman–Crippen LogP) is 3.15. The van der Waals surface area contributed by atoms with Crippen LogP contribution in [0.2, 0.25) is 0 Å². The molecule has 0 saturated carbocycles. The molecule has 3 aromatic rings. The Morgan fingerprint density at radius 2 is 2.12 bits per heavy atom. The van der Waals surface area contributed by atoms with Crippen molar-refractivity contribution in [2.45, 2.75) is 32.4 Å². The largest absolute Gasteiger partial charge is 0.444 e. The van der Waals surface area contributed by atoms with Crippen LogP contribution < -0.4 is 0 Å². The minimum absolute atomic E-state index is 0.0792. The van der Waals surface area contributed by atoms with E-state index in [9.17, 15) is 4.79 Å². The molecule has 3 heterocycles. The fourth-order valence-electron chi connectivity index (χ4n) is 3.38. The first kappa shape index (κ1) is 15.6. The first-order chi connectivity index (χ1) is 12.2. The summed E-state index contributed by atoms with van der Waals surface area (Å²) in [4.78, 5) is 18.8. The van der Waals surface area contributed by atoms with Gasteiger partial charge in [-0.05, 0) is 37.5 Å². The number of carbonyl (C=O) groups is 1. The van der Waals surface area contributed by atoms with Gasteiger partial charge in [-0.15, -0.1) is 0 Å². The third-order valence-corrected chi connectivity index (χ3v) is 4.65. The topological polar surface area (TPSA) is 64.2 Å². The van der Waals surface area contributed by atoms with Crippen LogP contribution in [0.25, 0.3) is 11.3 Å². The van der Waals surface area contributed by atoms with Gasteiger partial charge in [0.2, 0.25) is 0 Å². The van der Waals surface area contributed by atoms with Crippen LogP contribution in [0, 0.1) is 6.92 Å². The van der Waals surface area contributed by atoms with Crippen molar-refractivity contribution in [3.8, 4) is 11.3 Å². The van der Waals surface area contributed by atoms with Crippen LogP contribution in [0.3, 0.4) is 0 Å². The molecule has 0 aliphatic carbocycles. The molecule has 1 aliphatic rings. The molecular weight excluding hydrogens is 316 g/mol. The Bertz CT molecular complexity index is 852. The van der Waals surface area contributed by atoms with Gasteiger partial charge in [-0.2, -0.15) is 5.10 Å². The molecular formula is C19H20N4O2. The zero-order chi connectivity index (χ0) is 17.2. The summed E-state index contributed by atoms with van der Waals surface area (Å²) in [6.07, 6.45) is 8.99. The Morgan fingerprint density at radius 3 is 2.80 bits per heavy atom. The normalized spacial score (nSPS) is 17.2. The maximum atomic E-state index is 12.9. The van der Waals surface area contributed by atoms with Gasteiger partial charge in [0, 0.05) is 23.9 Å². The summed E-state index contributed by atoms with van der Waals surface area (Å²) in [5.41, 5.74) is 2.75. The van der Waals surface area contributed by atoms with Crippen LogP contribution in [0.4, 0.5) is 0 Å². The van der Waals surface area contributed by atoms with Gasteiger partial charge in [0.15, 0.2) is 12.2 Å². The second-order valence-electron chi connectivity index (χ2n) is 6.48. The Labute approximate surface area is 146 Å². The summed E-state index contributed by atoms with van der Waals surface area (Å²) < 4.78 is 7.22. The summed E-state index contributed by atoms with van der Waals surface area (Å²) >= 11 is 0. The Kier molecular flexibility index (Phi) is 4.09. The van der Waals surface area contributed by atoms with Gasteiger partial charge in [0.1, 0.15) is 0 Å². The number of aromatic nitrogens is 3. The lowest BCUT2D eigenvalue weighted by Crippen LogP contribution is -2.38. The first-order valence-electron chi connectivity index (χ1n) is 8.49. The Morgan fingerprint density at radius 1 is 1.28 bits per heavy atom. The van der Waals surface area contributed by atoms with Crippen LogP contribution in [0.1, 0.15) is 28.8 Å². The van der Waals surface area contributed by atoms with Gasteiger partial charge >= 0.3 is 0 Å². The fraction of sp³-hybridized carbons (Fsp3) is 0.316. The lowest BCUT2D eigenvalue weighted by atomic mass is 10.1. The predicted molar refractivity (Wildman–Crippen MR) is 93.0 cm³/mol. The lowest BCUT2D eigenvalue weighted by Gasteiger charge is -2.25. The van der Waals surface area contributed by atoms with Gasteiger partial charge in [-0.1, -0.05) is 12.1 Å². The van der Waals surface area contributed by atoms with E-state index in [1.165, 1.54) is 6.39 Å². The highest BCUT2D eigenvalue weighted by molar-refractivity contribution is 5.95. The highest BCUT2D eigenvalue weighted by atomic mass is 16.3. The van der Waals surface area contributed by atoms with Gasteiger partial charge in [-0.25, -0.2) is 4.98 Å². The van der Waals surface area contributed by atoms with E-state index in [0.717, 1.165) is 37.1 Å². The van der Waals surface area contributed by atoms with Crippen molar-refractivity contribution in [2.24, 2.45) is 0 Å². The van der Waals surface area contributed by atoms with E-state index in [4.69, 9.17) is 4.42 Å². The van der Waals surface area contributed by atoms with Crippen molar-refractivity contribution >= 4 is 5.91 Å². The summed E-state index contributed by atoms with van der Waals surface area (Å²) in [5.74, 6) is 0.780. The average Bonchev–Trinajstić information content (AvgIpc) is 3.37. The van der Waals surface area contributed by atoms with E-state index in [1.54, 1.807) is 6.20 Å². The van der Waals surface area contributed by atoms with Gasteiger partial charge in [-0.3, -0.25) is 9.48 Å². The molecule has 1 atom stereocenters. The number of aryl methyl sites for hydroxylation is 1. The third-order valence-electron chi connectivity index (χ3n) is 4.65. The molecule has 1 aliphatic heterocycles. The molecule has 25 heavy (non-hydrogen) atoms. The minimum Gasteiger partial charge on any atom is -0.444 e. The van der Waals surface area contributed by atoms with Crippen LogP contribution in [0.5, 0.6) is 0 Å². The number of rotatable bonds is 4. The molecule has 0 radical (unpaired) electrons. The zero-order valence-corrected chi connectivity index (χ0v) is 14.1. The van der Waals surface area contributed by atoms with Crippen LogP contribution >= 0.6 is 0 Å². The van der Waals surface area contributed by atoms with Gasteiger partial charge < -0.3 is 9.32 Å². The number of amides is 1. The molecule has 6 nitrogen and oxygen atoms in total. The second-order valence-corrected chi connectivity index (χ2v) is 6.48. The van der Waals surface area contributed by atoms with Crippen molar-refractivity contribution in [1.82, 2.24) is 19.7 Å². The molecule has 1 aromatic carbocycles. The van der Waals surface area contributed by atoms with Crippen molar-refractivity contribution < 1.29 is 9.21 Å². The summed E-state index contributed by atoms with van der Waals surface area (Å²) in [5, 5.41) is 4.35. The van der Waals surface area contributed by atoms with E-state index in [0.29, 0.717) is 11.3 Å². The van der Waals surface area contributed by atoms with E-state index >= 15 is 0 Å². The second kappa shape index (κ2) is 6.55. The van der Waals surface area contributed by atoms with E-state index in [1.807, 2.05) is 53.2 Å². The monoisotopic (exact) mass is 336 g/mol. The number of nitrogens with zero attached hydrogens (tertiary/aromatic N) is 4. The van der Waals surface area contributed by atoms with E-state index in [-0.39, 0.29) is 11.9 Å². The van der Waals surface area contributed by atoms with E-state index in [2.05, 4.69) is 10.1 Å². The van der Waals surface area contributed by atoms with Crippen LogP contribution in [-0.2, 0) is 6.54 Å². The number of hydrogen-bond donors (Lipinski definition) is 0. The highest BCUT2D eigenvalue weighted by Crippen LogP contribution is 2.24. The van der Waals surface area contributed by atoms with E-state index < -0.39 is 0 Å². The molecule has 128 valence electrons. The maximum Gasteiger partial charge on any atom is 0.254 e. The molecule has 1 fully saturated rings. The van der Waals surface area contributed by atoms with Crippen molar-refractivity contribution in [2.75, 3.05) is 6.54 Å². The Hall–Kier alpha value is -2.89. The van der Waals surface area contributed by atoms with Crippen LogP contribution in [0.15, 0.2) is 53.7 Å². The minimum atomic E-state index is 0.0792. The average molecular weight is 336 g/mol. The number of likely N-dealkylation sites (tertiary alicyclic amines) is 1. The SMILES string of the molecule is Cc1cnn(CC2CCCN2C(=O)c2ccc(-c3cnco3)cc2)c1. The van der Waals surface area contributed by atoms with Gasteiger partial charge in [0.05, 0.1) is 25.0 Å². The molecule has 0 N–H and O–H groups in total. The molecule has 0 bridgehead atoms. The highest BCUT2D eigenvalue weighted by Gasteiger charge is 2.29. The molecule has 1 saturated heterocycles. The first-order valence-corrected chi connectivity index (χ1v) is 8.49. The molecule has 6 heteroatoms. The molecule has 2 aromatic heterocycles. The smallest absolute Gasteiger partial charge is 0.254 e. The molecule has 1 amide bonds. The standard InChI is InChI=1S/C19H20N4O2/c1-14-9-21-22(11-14)12-17-3-2-8-23(17)19(24)16-6-4-15(5-7-16)18-10-20-13-25-18/h4-7,9-11,13,17H,2-3,8,12H2,1H3. The number of benzene rings is 1. The van der Waals surface area contributed by atoms with Gasteiger partial charge in [0.25, 0.3) is 5.91 Å². The third kappa shape index (κ3) is 3.20. The summed E-state index contributed by atoms with van der Waals surface area (Å²) in [6, 6.07) is 7.70. The Balaban J connectivity index is 1.49. The number of oxazole rings is 1. The summed E-state index contributed by atoms with van der Waals surface area (Å²) in [7, 11) is 0. The van der Waals surface area contributed by atoms with Crippen LogP contribution in [-0.4, -0.2) is 38.2 Å².